The highest BCUT2D eigenvalue weighted by Gasteiger charge is 2.44. The van der Waals surface area contributed by atoms with Crippen molar-refractivity contribution >= 4 is 5.78 Å². The van der Waals surface area contributed by atoms with E-state index in [4.69, 9.17) is 9.47 Å². The second-order valence-electron chi connectivity index (χ2n) is 6.96. The van der Waals surface area contributed by atoms with Crippen LogP contribution in [0.15, 0.2) is 0 Å². The molecule has 1 fully saturated rings. The molecular weight excluding hydrogens is 252 g/mol. The van der Waals surface area contributed by atoms with Crippen LogP contribution in [-0.4, -0.2) is 30.2 Å². The van der Waals surface area contributed by atoms with Gasteiger partial charge >= 0.3 is 0 Å². The molecule has 1 rings (SSSR count). The van der Waals surface area contributed by atoms with Crippen molar-refractivity contribution in [1.29, 1.82) is 0 Å². The Hall–Kier alpha value is -0.410. The molecule has 20 heavy (non-hydrogen) atoms. The fourth-order valence-corrected chi connectivity index (χ4v) is 3.43. The molecule has 0 aromatic carbocycles. The largest absolute Gasteiger partial charge is 0.382 e. The summed E-state index contributed by atoms with van der Waals surface area (Å²) in [6, 6.07) is 0. The number of ether oxygens (including phenoxy) is 2. The van der Waals surface area contributed by atoms with Gasteiger partial charge in [0.25, 0.3) is 0 Å². The van der Waals surface area contributed by atoms with Crippen LogP contribution in [0.2, 0.25) is 0 Å². The fraction of sp³-hybridized carbons (Fsp3) is 0.941. The first-order valence-electron chi connectivity index (χ1n) is 8.07. The molecular formula is C17H32O3. The first-order chi connectivity index (χ1) is 9.32. The van der Waals surface area contributed by atoms with Gasteiger partial charge in [0.15, 0.2) is 0 Å². The van der Waals surface area contributed by atoms with E-state index in [0.717, 1.165) is 19.3 Å². The average molecular weight is 284 g/mol. The molecule has 3 heteroatoms. The summed E-state index contributed by atoms with van der Waals surface area (Å²) in [7, 11) is 1.71. The number of hydrogen-bond donors (Lipinski definition) is 0. The lowest BCUT2D eigenvalue weighted by atomic mass is 9.81. The first-order valence-corrected chi connectivity index (χ1v) is 8.07. The zero-order valence-electron chi connectivity index (χ0n) is 14.0. The SMILES string of the molecule is CCCCCC[C@]1(C)CC(=O)C[C@](C)(C[C@@H](C)OC)O1. The summed E-state index contributed by atoms with van der Waals surface area (Å²) >= 11 is 0. The molecule has 0 amide bonds. The second-order valence-corrected chi connectivity index (χ2v) is 6.96. The van der Waals surface area contributed by atoms with E-state index in [1.165, 1.54) is 19.3 Å². The van der Waals surface area contributed by atoms with Crippen molar-refractivity contribution in [2.75, 3.05) is 7.11 Å². The summed E-state index contributed by atoms with van der Waals surface area (Å²) in [5.74, 6) is 0.333. The van der Waals surface area contributed by atoms with Crippen LogP contribution >= 0.6 is 0 Å². The molecule has 0 N–H and O–H groups in total. The van der Waals surface area contributed by atoms with Crippen molar-refractivity contribution in [3.05, 3.63) is 0 Å². The Balaban J connectivity index is 2.61. The predicted molar refractivity (Wildman–Crippen MR) is 82.0 cm³/mol. The summed E-state index contributed by atoms with van der Waals surface area (Å²) in [5, 5.41) is 0. The van der Waals surface area contributed by atoms with Crippen molar-refractivity contribution in [3.8, 4) is 0 Å². The standard InChI is InChI=1S/C17H32O3/c1-6-7-8-9-10-16(3)12-15(18)13-17(4,20-16)11-14(2)19-5/h14H,6-13H2,1-5H3/t14-,16-,17+/m1/s1. The summed E-state index contributed by atoms with van der Waals surface area (Å²) in [6.07, 6.45) is 7.84. The quantitative estimate of drug-likeness (QED) is 0.624. The lowest BCUT2D eigenvalue weighted by molar-refractivity contribution is -0.191. The van der Waals surface area contributed by atoms with Crippen LogP contribution in [-0.2, 0) is 14.3 Å². The van der Waals surface area contributed by atoms with Gasteiger partial charge < -0.3 is 9.47 Å². The van der Waals surface area contributed by atoms with E-state index in [9.17, 15) is 4.79 Å². The van der Waals surface area contributed by atoms with Crippen LogP contribution in [0, 0.1) is 0 Å². The molecule has 118 valence electrons. The second kappa shape index (κ2) is 7.56. The zero-order valence-corrected chi connectivity index (χ0v) is 14.0. The van der Waals surface area contributed by atoms with Gasteiger partial charge in [-0.1, -0.05) is 32.6 Å². The lowest BCUT2D eigenvalue weighted by Gasteiger charge is -2.45. The maximum absolute atomic E-state index is 12.1. The Kier molecular flexibility index (Phi) is 6.67. The molecule has 1 saturated heterocycles. The topological polar surface area (TPSA) is 35.5 Å². The molecule has 0 radical (unpaired) electrons. The maximum Gasteiger partial charge on any atom is 0.138 e. The highest BCUT2D eigenvalue weighted by atomic mass is 16.5. The monoisotopic (exact) mass is 284 g/mol. The minimum Gasteiger partial charge on any atom is -0.382 e. The third-order valence-electron chi connectivity index (χ3n) is 4.32. The Bertz CT molecular complexity index is 315. The predicted octanol–water partition coefficient (Wildman–Crippen LogP) is 4.28. The molecule has 0 spiro atoms. The van der Waals surface area contributed by atoms with E-state index in [0.29, 0.717) is 18.6 Å². The van der Waals surface area contributed by atoms with E-state index in [1.807, 2.05) is 6.92 Å². The van der Waals surface area contributed by atoms with Crippen molar-refractivity contribution in [2.45, 2.75) is 96.4 Å². The highest BCUT2D eigenvalue weighted by molar-refractivity contribution is 5.81. The lowest BCUT2D eigenvalue weighted by Crippen LogP contribution is -2.50. The van der Waals surface area contributed by atoms with Gasteiger partial charge in [-0.25, -0.2) is 0 Å². The van der Waals surface area contributed by atoms with Gasteiger partial charge in [0.05, 0.1) is 17.3 Å². The van der Waals surface area contributed by atoms with E-state index in [1.54, 1.807) is 7.11 Å². The number of methoxy groups -OCH3 is 1. The summed E-state index contributed by atoms with van der Waals surface area (Å²) in [5.41, 5.74) is -0.657. The highest BCUT2D eigenvalue weighted by Crippen LogP contribution is 2.39. The van der Waals surface area contributed by atoms with Crippen molar-refractivity contribution in [1.82, 2.24) is 0 Å². The Labute approximate surface area is 124 Å². The fourth-order valence-electron chi connectivity index (χ4n) is 3.43. The molecule has 0 saturated carbocycles. The molecule has 1 heterocycles. The minimum absolute atomic E-state index is 0.121. The van der Waals surface area contributed by atoms with Crippen LogP contribution in [0.1, 0.15) is 79.1 Å². The third-order valence-corrected chi connectivity index (χ3v) is 4.32. The number of rotatable bonds is 8. The van der Waals surface area contributed by atoms with Gasteiger partial charge in [-0.15, -0.1) is 0 Å². The normalized spacial score (nSPS) is 32.4. The molecule has 1 aliphatic rings. The van der Waals surface area contributed by atoms with Gasteiger partial charge in [-0.3, -0.25) is 4.79 Å². The first kappa shape index (κ1) is 17.6. The third kappa shape index (κ3) is 5.53. The van der Waals surface area contributed by atoms with Gasteiger partial charge in [-0.2, -0.15) is 0 Å². The molecule has 0 unspecified atom stereocenters. The van der Waals surface area contributed by atoms with Crippen LogP contribution in [0.3, 0.4) is 0 Å². The van der Waals surface area contributed by atoms with E-state index < -0.39 is 0 Å². The summed E-state index contributed by atoms with van der Waals surface area (Å²) < 4.78 is 11.7. The Morgan fingerprint density at radius 2 is 1.85 bits per heavy atom. The van der Waals surface area contributed by atoms with Gasteiger partial charge in [0.1, 0.15) is 5.78 Å². The average Bonchev–Trinajstić information content (AvgIpc) is 2.32. The Morgan fingerprint density at radius 3 is 2.45 bits per heavy atom. The zero-order chi connectivity index (χ0) is 15.2. The molecule has 1 aliphatic heterocycles. The Morgan fingerprint density at radius 1 is 1.20 bits per heavy atom. The van der Waals surface area contributed by atoms with Crippen molar-refractivity contribution in [3.63, 3.8) is 0 Å². The molecule has 0 bridgehead atoms. The number of Topliss-reactive ketones (excluding diaryl/α,β-unsaturated/α-hetero) is 1. The maximum atomic E-state index is 12.1. The molecule has 0 aromatic heterocycles. The number of unbranched alkanes of at least 4 members (excludes halogenated alkanes) is 3. The van der Waals surface area contributed by atoms with E-state index >= 15 is 0 Å². The van der Waals surface area contributed by atoms with Gasteiger partial charge in [-0.05, 0) is 27.2 Å². The number of hydrogen-bond acceptors (Lipinski definition) is 3. The van der Waals surface area contributed by atoms with Crippen molar-refractivity contribution in [2.24, 2.45) is 0 Å². The smallest absolute Gasteiger partial charge is 0.138 e. The van der Waals surface area contributed by atoms with E-state index in [2.05, 4.69) is 20.8 Å². The number of ketones is 1. The van der Waals surface area contributed by atoms with Crippen molar-refractivity contribution < 1.29 is 14.3 Å². The summed E-state index contributed by atoms with van der Waals surface area (Å²) in [6.45, 7) is 8.41. The van der Waals surface area contributed by atoms with Crippen LogP contribution in [0.25, 0.3) is 0 Å². The van der Waals surface area contributed by atoms with Crippen LogP contribution in [0.5, 0.6) is 0 Å². The molecule has 0 aliphatic carbocycles. The van der Waals surface area contributed by atoms with Gasteiger partial charge in [0.2, 0.25) is 0 Å². The molecule has 0 aromatic rings. The van der Waals surface area contributed by atoms with Gasteiger partial charge in [0, 0.05) is 26.4 Å². The van der Waals surface area contributed by atoms with E-state index in [-0.39, 0.29) is 17.3 Å². The molecule has 3 nitrogen and oxygen atoms in total. The van der Waals surface area contributed by atoms with Crippen LogP contribution in [0.4, 0.5) is 0 Å². The molecule has 3 atom stereocenters. The van der Waals surface area contributed by atoms with Crippen LogP contribution < -0.4 is 0 Å². The number of carbonyl (C=O) groups excluding carboxylic acids is 1. The number of carbonyl (C=O) groups is 1. The summed E-state index contributed by atoms with van der Waals surface area (Å²) in [4.78, 5) is 12.1. The minimum atomic E-state index is -0.371.